The summed E-state index contributed by atoms with van der Waals surface area (Å²) in [6.45, 7) is 5.69. The molecule has 2 N–H and O–H groups in total. The number of hydrogen-bond acceptors (Lipinski definition) is 3. The summed E-state index contributed by atoms with van der Waals surface area (Å²) < 4.78 is 1.82. The molecule has 1 fully saturated rings. The Morgan fingerprint density at radius 1 is 1.50 bits per heavy atom. The van der Waals surface area contributed by atoms with Crippen LogP contribution in [0.2, 0.25) is 0 Å². The number of aromatic nitrogens is 2. The molecule has 1 saturated heterocycles. The Balaban J connectivity index is 1.74. The van der Waals surface area contributed by atoms with E-state index in [0.717, 1.165) is 19.4 Å². The van der Waals surface area contributed by atoms with Crippen LogP contribution in [0.15, 0.2) is 18.5 Å². The van der Waals surface area contributed by atoms with Gasteiger partial charge in [-0.05, 0) is 31.7 Å². The molecule has 0 radical (unpaired) electrons. The minimum atomic E-state index is -0.0404. The molecule has 5 heteroatoms. The quantitative estimate of drug-likeness (QED) is 0.830. The van der Waals surface area contributed by atoms with Crippen molar-refractivity contribution in [2.75, 3.05) is 6.54 Å². The van der Waals surface area contributed by atoms with E-state index in [0.29, 0.717) is 18.5 Å². The van der Waals surface area contributed by atoms with Crippen molar-refractivity contribution in [3.8, 4) is 0 Å². The minimum Gasteiger partial charge on any atom is -0.353 e. The van der Waals surface area contributed by atoms with Crippen LogP contribution in [0, 0.1) is 5.92 Å². The van der Waals surface area contributed by atoms with Crippen LogP contribution in [-0.4, -0.2) is 34.3 Å². The Morgan fingerprint density at radius 2 is 2.33 bits per heavy atom. The van der Waals surface area contributed by atoms with Gasteiger partial charge in [0, 0.05) is 25.0 Å². The molecule has 0 spiro atoms. The van der Waals surface area contributed by atoms with E-state index >= 15 is 0 Å². The molecule has 1 aliphatic heterocycles. The summed E-state index contributed by atoms with van der Waals surface area (Å²) in [5.74, 6) is 0.726. The highest BCUT2D eigenvalue weighted by molar-refractivity contribution is 5.81. The van der Waals surface area contributed by atoms with Gasteiger partial charge in [-0.3, -0.25) is 9.48 Å². The third-order valence-electron chi connectivity index (χ3n) is 3.40. The summed E-state index contributed by atoms with van der Waals surface area (Å²) in [6.07, 6.45) is 5.72. The van der Waals surface area contributed by atoms with Crippen molar-refractivity contribution in [3.05, 3.63) is 18.5 Å². The van der Waals surface area contributed by atoms with Gasteiger partial charge in [0.2, 0.25) is 5.91 Å². The molecule has 1 aromatic heterocycles. The van der Waals surface area contributed by atoms with Crippen LogP contribution in [0.5, 0.6) is 0 Å². The van der Waals surface area contributed by atoms with Crippen molar-refractivity contribution in [3.63, 3.8) is 0 Å². The first kappa shape index (κ1) is 13.1. The summed E-state index contributed by atoms with van der Waals surface area (Å²) in [7, 11) is 0. The lowest BCUT2D eigenvalue weighted by Crippen LogP contribution is -2.52. The average Bonchev–Trinajstić information content (AvgIpc) is 2.80. The Labute approximate surface area is 108 Å². The van der Waals surface area contributed by atoms with E-state index in [1.165, 1.54) is 0 Å². The molecular formula is C13H22N4O. The monoisotopic (exact) mass is 250 g/mol. The molecule has 2 rings (SSSR count). The number of hydrogen-bond donors (Lipinski definition) is 2. The maximum Gasteiger partial charge on any atom is 0.237 e. The molecule has 3 unspecified atom stereocenters. The molecule has 100 valence electrons. The summed E-state index contributed by atoms with van der Waals surface area (Å²) in [5, 5.41) is 10.4. The van der Waals surface area contributed by atoms with Gasteiger partial charge in [-0.15, -0.1) is 0 Å². The molecular weight excluding hydrogens is 228 g/mol. The van der Waals surface area contributed by atoms with Crippen LogP contribution in [-0.2, 0) is 11.3 Å². The van der Waals surface area contributed by atoms with E-state index in [1.807, 2.05) is 16.9 Å². The minimum absolute atomic E-state index is 0.0404. The Bertz CT molecular complexity index is 366. The highest BCUT2D eigenvalue weighted by atomic mass is 16.2. The normalized spacial score (nSPS) is 28.0. The van der Waals surface area contributed by atoms with Gasteiger partial charge in [0.05, 0.1) is 12.6 Å². The van der Waals surface area contributed by atoms with E-state index in [1.54, 1.807) is 6.20 Å². The van der Waals surface area contributed by atoms with E-state index in [-0.39, 0.29) is 11.9 Å². The summed E-state index contributed by atoms with van der Waals surface area (Å²) in [6, 6.07) is 2.27. The van der Waals surface area contributed by atoms with Gasteiger partial charge in [0.1, 0.15) is 0 Å². The third kappa shape index (κ3) is 3.57. The van der Waals surface area contributed by atoms with Crippen molar-refractivity contribution >= 4 is 5.91 Å². The maximum absolute atomic E-state index is 12.0. The summed E-state index contributed by atoms with van der Waals surface area (Å²) >= 11 is 0. The molecule has 18 heavy (non-hydrogen) atoms. The summed E-state index contributed by atoms with van der Waals surface area (Å²) in [5.41, 5.74) is 0. The van der Waals surface area contributed by atoms with E-state index in [9.17, 15) is 4.79 Å². The van der Waals surface area contributed by atoms with Gasteiger partial charge in [0.25, 0.3) is 0 Å². The smallest absolute Gasteiger partial charge is 0.237 e. The molecule has 0 saturated carbocycles. The second-order valence-corrected chi connectivity index (χ2v) is 5.26. The van der Waals surface area contributed by atoms with Crippen LogP contribution in [0.3, 0.4) is 0 Å². The van der Waals surface area contributed by atoms with E-state index < -0.39 is 0 Å². The van der Waals surface area contributed by atoms with Crippen molar-refractivity contribution in [1.29, 1.82) is 0 Å². The maximum atomic E-state index is 12.0. The first-order chi connectivity index (χ1) is 8.65. The van der Waals surface area contributed by atoms with Crippen LogP contribution in [0.25, 0.3) is 0 Å². The zero-order valence-corrected chi connectivity index (χ0v) is 11.1. The van der Waals surface area contributed by atoms with Gasteiger partial charge in [0.15, 0.2) is 0 Å². The first-order valence-electron chi connectivity index (χ1n) is 6.66. The SMILES string of the molecule is CC1CC(C)NC(C(=O)NCCn2cccn2)C1. The number of piperidine rings is 1. The predicted molar refractivity (Wildman–Crippen MR) is 70.0 cm³/mol. The van der Waals surface area contributed by atoms with Gasteiger partial charge in [-0.25, -0.2) is 0 Å². The fourth-order valence-electron chi connectivity index (χ4n) is 2.61. The lowest BCUT2D eigenvalue weighted by Gasteiger charge is -2.32. The average molecular weight is 250 g/mol. The topological polar surface area (TPSA) is 59.0 Å². The molecule has 3 atom stereocenters. The molecule has 0 bridgehead atoms. The van der Waals surface area contributed by atoms with Crippen molar-refractivity contribution in [2.24, 2.45) is 5.92 Å². The number of nitrogens with one attached hydrogen (secondary N) is 2. The lowest BCUT2D eigenvalue weighted by molar-refractivity contribution is -0.124. The predicted octanol–water partition coefficient (Wildman–Crippen LogP) is 0.776. The largest absolute Gasteiger partial charge is 0.353 e. The van der Waals surface area contributed by atoms with Crippen LogP contribution < -0.4 is 10.6 Å². The van der Waals surface area contributed by atoms with Crippen LogP contribution in [0.4, 0.5) is 0 Å². The van der Waals surface area contributed by atoms with Crippen LogP contribution >= 0.6 is 0 Å². The summed E-state index contributed by atoms with van der Waals surface area (Å²) in [4.78, 5) is 12.0. The van der Waals surface area contributed by atoms with E-state index in [4.69, 9.17) is 0 Å². The molecule has 5 nitrogen and oxygen atoms in total. The lowest BCUT2D eigenvalue weighted by atomic mass is 9.89. The number of nitrogens with zero attached hydrogens (tertiary/aromatic N) is 2. The fourth-order valence-corrected chi connectivity index (χ4v) is 2.61. The Hall–Kier alpha value is -1.36. The van der Waals surface area contributed by atoms with Crippen molar-refractivity contribution in [2.45, 2.75) is 45.3 Å². The molecule has 1 aromatic rings. The molecule has 0 aromatic carbocycles. The van der Waals surface area contributed by atoms with E-state index in [2.05, 4.69) is 29.6 Å². The van der Waals surface area contributed by atoms with Gasteiger partial charge in [-0.1, -0.05) is 6.92 Å². The number of carbonyl (C=O) groups excluding carboxylic acids is 1. The number of carbonyl (C=O) groups is 1. The highest BCUT2D eigenvalue weighted by Crippen LogP contribution is 2.19. The zero-order valence-electron chi connectivity index (χ0n) is 11.1. The van der Waals surface area contributed by atoms with Gasteiger partial charge < -0.3 is 10.6 Å². The third-order valence-corrected chi connectivity index (χ3v) is 3.40. The standard InChI is InChI=1S/C13H22N4O/c1-10-8-11(2)16-12(9-10)13(18)14-5-7-17-6-3-4-15-17/h3-4,6,10-12,16H,5,7-9H2,1-2H3,(H,14,18). The van der Waals surface area contributed by atoms with Crippen molar-refractivity contribution < 1.29 is 4.79 Å². The Kier molecular flexibility index (Phi) is 4.36. The second-order valence-electron chi connectivity index (χ2n) is 5.26. The number of rotatable bonds is 4. The number of amides is 1. The molecule has 2 heterocycles. The van der Waals surface area contributed by atoms with Gasteiger partial charge >= 0.3 is 0 Å². The first-order valence-corrected chi connectivity index (χ1v) is 6.66. The van der Waals surface area contributed by atoms with Crippen LogP contribution in [0.1, 0.15) is 26.7 Å². The fraction of sp³-hybridized carbons (Fsp3) is 0.692. The highest BCUT2D eigenvalue weighted by Gasteiger charge is 2.27. The second kappa shape index (κ2) is 6.00. The molecule has 1 aliphatic rings. The molecule has 0 aliphatic carbocycles. The van der Waals surface area contributed by atoms with Crippen molar-refractivity contribution in [1.82, 2.24) is 20.4 Å². The van der Waals surface area contributed by atoms with Gasteiger partial charge in [-0.2, -0.15) is 5.10 Å². The molecule has 1 amide bonds. The Morgan fingerprint density at radius 3 is 3.00 bits per heavy atom. The zero-order chi connectivity index (χ0) is 13.0.